The number of benzene rings is 2. The minimum atomic E-state index is -0.364. The molecule has 4 rings (SSSR count). The maximum Gasteiger partial charge on any atom is 0.239 e. The van der Waals surface area contributed by atoms with Crippen LogP contribution in [0.1, 0.15) is 12.5 Å². The Labute approximate surface area is 177 Å². The summed E-state index contributed by atoms with van der Waals surface area (Å²) in [5, 5.41) is 14.4. The van der Waals surface area contributed by atoms with Crippen molar-refractivity contribution < 1.29 is 4.79 Å². The average Bonchev–Trinajstić information content (AvgIpc) is 3.39. The van der Waals surface area contributed by atoms with E-state index in [1.165, 1.54) is 28.7 Å². The number of carbonyl (C=O) groups is 1. The second-order valence-electron chi connectivity index (χ2n) is 6.43. The molecular formula is C21H19N5OS2. The molecular weight excluding hydrogens is 402 g/mol. The Morgan fingerprint density at radius 2 is 1.86 bits per heavy atom. The van der Waals surface area contributed by atoms with Crippen molar-refractivity contribution in [3.05, 3.63) is 71.7 Å². The Morgan fingerprint density at radius 1 is 1.10 bits per heavy atom. The maximum absolute atomic E-state index is 12.6. The van der Waals surface area contributed by atoms with Crippen LogP contribution in [0, 0.1) is 6.92 Å². The lowest BCUT2D eigenvalue weighted by Crippen LogP contribution is -2.22. The van der Waals surface area contributed by atoms with E-state index in [4.69, 9.17) is 0 Å². The van der Waals surface area contributed by atoms with Crippen molar-refractivity contribution in [1.82, 2.24) is 19.7 Å². The number of thioether (sulfide) groups is 1. The van der Waals surface area contributed by atoms with Crippen LogP contribution in [0.15, 0.2) is 71.3 Å². The van der Waals surface area contributed by atoms with Crippen LogP contribution in [0.4, 0.5) is 5.13 Å². The highest BCUT2D eigenvalue weighted by molar-refractivity contribution is 8.00. The number of aromatic nitrogens is 4. The zero-order chi connectivity index (χ0) is 20.2. The molecule has 8 heteroatoms. The van der Waals surface area contributed by atoms with Crippen molar-refractivity contribution in [2.24, 2.45) is 0 Å². The lowest BCUT2D eigenvalue weighted by Gasteiger charge is -2.13. The van der Waals surface area contributed by atoms with Gasteiger partial charge in [0.1, 0.15) is 0 Å². The van der Waals surface area contributed by atoms with Gasteiger partial charge in [0.25, 0.3) is 0 Å². The standard InChI is InChI=1S/C21H19N5OS2/c1-14-8-10-16(11-9-14)18-24-25-21(26(18)17-6-4-3-5-7-17)29-15(2)19(27)23-20-22-12-13-28-20/h3-13,15H,1-2H3,(H,22,23,27)/t15-/m1/s1. The number of nitrogens with zero attached hydrogens (tertiary/aromatic N) is 4. The molecule has 0 radical (unpaired) electrons. The quantitative estimate of drug-likeness (QED) is 0.452. The van der Waals surface area contributed by atoms with Crippen LogP contribution in [-0.2, 0) is 4.79 Å². The van der Waals surface area contributed by atoms with Crippen LogP contribution >= 0.6 is 23.1 Å². The molecule has 0 saturated heterocycles. The molecule has 2 heterocycles. The van der Waals surface area contributed by atoms with E-state index in [0.29, 0.717) is 10.3 Å². The summed E-state index contributed by atoms with van der Waals surface area (Å²) in [5.74, 6) is 0.621. The topological polar surface area (TPSA) is 72.7 Å². The van der Waals surface area contributed by atoms with Gasteiger partial charge in [-0.3, -0.25) is 9.36 Å². The molecule has 2 aromatic carbocycles. The molecule has 0 aliphatic rings. The van der Waals surface area contributed by atoms with Crippen molar-refractivity contribution in [2.45, 2.75) is 24.3 Å². The van der Waals surface area contributed by atoms with Crippen LogP contribution in [0.2, 0.25) is 0 Å². The zero-order valence-corrected chi connectivity index (χ0v) is 17.6. The highest BCUT2D eigenvalue weighted by Gasteiger charge is 2.22. The summed E-state index contributed by atoms with van der Waals surface area (Å²) in [6.07, 6.45) is 1.66. The van der Waals surface area contributed by atoms with Crippen molar-refractivity contribution in [1.29, 1.82) is 0 Å². The molecule has 0 fully saturated rings. The number of nitrogens with one attached hydrogen (secondary N) is 1. The number of aryl methyl sites for hydroxylation is 1. The highest BCUT2D eigenvalue weighted by Crippen LogP contribution is 2.30. The summed E-state index contributed by atoms with van der Waals surface area (Å²) in [4.78, 5) is 16.7. The Bertz CT molecular complexity index is 1090. The third kappa shape index (κ3) is 4.38. The first-order valence-corrected chi connectivity index (χ1v) is 10.8. The van der Waals surface area contributed by atoms with Gasteiger partial charge in [0.15, 0.2) is 16.1 Å². The van der Waals surface area contributed by atoms with E-state index in [9.17, 15) is 4.79 Å². The minimum Gasteiger partial charge on any atom is -0.301 e. The van der Waals surface area contributed by atoms with E-state index in [-0.39, 0.29) is 11.2 Å². The van der Waals surface area contributed by atoms with E-state index in [0.717, 1.165) is 17.1 Å². The molecule has 4 aromatic rings. The van der Waals surface area contributed by atoms with Gasteiger partial charge in [0, 0.05) is 22.8 Å². The number of rotatable bonds is 6. The predicted octanol–water partition coefficient (Wildman–Crippen LogP) is 4.82. The minimum absolute atomic E-state index is 0.121. The van der Waals surface area contributed by atoms with Gasteiger partial charge in [0.05, 0.1) is 5.25 Å². The number of para-hydroxylation sites is 1. The number of anilines is 1. The molecule has 0 unspecified atom stereocenters. The number of amides is 1. The Hall–Kier alpha value is -2.97. The van der Waals surface area contributed by atoms with Gasteiger partial charge in [-0.25, -0.2) is 4.98 Å². The first-order valence-electron chi connectivity index (χ1n) is 9.07. The Kier molecular flexibility index (Phi) is 5.73. The van der Waals surface area contributed by atoms with E-state index < -0.39 is 0 Å². The molecule has 2 aromatic heterocycles. The third-order valence-corrected chi connectivity index (χ3v) is 6.00. The molecule has 0 spiro atoms. The first kappa shape index (κ1) is 19.4. The van der Waals surface area contributed by atoms with Crippen LogP contribution < -0.4 is 5.32 Å². The summed E-state index contributed by atoms with van der Waals surface area (Å²) < 4.78 is 1.99. The van der Waals surface area contributed by atoms with Gasteiger partial charge in [0.2, 0.25) is 5.91 Å². The van der Waals surface area contributed by atoms with Gasteiger partial charge < -0.3 is 5.32 Å². The largest absolute Gasteiger partial charge is 0.301 e. The Morgan fingerprint density at radius 3 is 2.55 bits per heavy atom. The van der Waals surface area contributed by atoms with Gasteiger partial charge in [-0.05, 0) is 26.0 Å². The molecule has 1 atom stereocenters. The number of hydrogen-bond acceptors (Lipinski definition) is 6. The summed E-state index contributed by atoms with van der Waals surface area (Å²) in [5.41, 5.74) is 3.10. The molecule has 0 aliphatic carbocycles. The highest BCUT2D eigenvalue weighted by atomic mass is 32.2. The lowest BCUT2D eigenvalue weighted by atomic mass is 10.1. The normalized spacial score (nSPS) is 11.9. The fourth-order valence-corrected chi connectivity index (χ4v) is 4.15. The van der Waals surface area contributed by atoms with E-state index >= 15 is 0 Å². The summed E-state index contributed by atoms with van der Waals surface area (Å²) in [7, 11) is 0. The zero-order valence-electron chi connectivity index (χ0n) is 15.9. The molecule has 146 valence electrons. The van der Waals surface area contributed by atoms with Crippen LogP contribution in [0.5, 0.6) is 0 Å². The molecule has 1 amide bonds. The summed E-state index contributed by atoms with van der Waals surface area (Å²) in [6, 6.07) is 18.1. The molecule has 1 N–H and O–H groups in total. The Balaban J connectivity index is 1.66. The smallest absolute Gasteiger partial charge is 0.239 e. The van der Waals surface area contributed by atoms with Crippen molar-refractivity contribution in [3.8, 4) is 17.1 Å². The van der Waals surface area contributed by atoms with E-state index in [1.54, 1.807) is 6.20 Å². The van der Waals surface area contributed by atoms with Gasteiger partial charge in [-0.2, -0.15) is 0 Å². The molecule has 0 aliphatic heterocycles. The molecule has 6 nitrogen and oxygen atoms in total. The van der Waals surface area contributed by atoms with Crippen LogP contribution in [0.3, 0.4) is 0 Å². The molecule has 0 bridgehead atoms. The maximum atomic E-state index is 12.6. The number of hydrogen-bond donors (Lipinski definition) is 1. The fourth-order valence-electron chi connectivity index (χ4n) is 2.75. The average molecular weight is 422 g/mol. The van der Waals surface area contributed by atoms with Crippen LogP contribution in [0.25, 0.3) is 17.1 Å². The number of thiazole rings is 1. The SMILES string of the molecule is Cc1ccc(-c2nnc(S[C@H](C)C(=O)Nc3nccs3)n2-c2ccccc2)cc1. The monoisotopic (exact) mass is 421 g/mol. The first-order chi connectivity index (χ1) is 14.1. The van der Waals surface area contributed by atoms with Gasteiger partial charge >= 0.3 is 0 Å². The van der Waals surface area contributed by atoms with Crippen molar-refractivity contribution >= 4 is 34.1 Å². The summed E-state index contributed by atoms with van der Waals surface area (Å²) in [6.45, 7) is 3.90. The van der Waals surface area contributed by atoms with Crippen molar-refractivity contribution in [3.63, 3.8) is 0 Å². The summed E-state index contributed by atoms with van der Waals surface area (Å²) >= 11 is 2.76. The molecule has 29 heavy (non-hydrogen) atoms. The third-order valence-electron chi connectivity index (χ3n) is 4.27. The lowest BCUT2D eigenvalue weighted by molar-refractivity contribution is -0.115. The predicted molar refractivity (Wildman–Crippen MR) is 118 cm³/mol. The van der Waals surface area contributed by atoms with E-state index in [2.05, 4.69) is 39.6 Å². The van der Waals surface area contributed by atoms with Crippen LogP contribution in [-0.4, -0.2) is 30.9 Å². The molecule has 0 saturated carbocycles. The number of carbonyl (C=O) groups excluding carboxylic acids is 1. The van der Waals surface area contributed by atoms with Crippen molar-refractivity contribution in [2.75, 3.05) is 5.32 Å². The fraction of sp³-hybridized carbons (Fsp3) is 0.143. The second-order valence-corrected chi connectivity index (χ2v) is 8.63. The second kappa shape index (κ2) is 8.59. The van der Waals surface area contributed by atoms with E-state index in [1.807, 2.05) is 59.3 Å². The van der Waals surface area contributed by atoms with Gasteiger partial charge in [-0.1, -0.05) is 59.8 Å². The van der Waals surface area contributed by atoms with Gasteiger partial charge in [-0.15, -0.1) is 21.5 Å².